The number of carbonyl (C=O) groups is 1. The molecule has 1 aliphatic heterocycles. The van der Waals surface area contributed by atoms with Crippen molar-refractivity contribution in [1.29, 1.82) is 0 Å². The van der Waals surface area contributed by atoms with Crippen LogP contribution in [0.2, 0.25) is 0 Å². The van der Waals surface area contributed by atoms with E-state index in [1.54, 1.807) is 25.3 Å². The molecule has 0 saturated carbocycles. The van der Waals surface area contributed by atoms with Crippen LogP contribution in [-0.2, 0) is 11.3 Å². The Morgan fingerprint density at radius 1 is 1.48 bits per heavy atom. The third kappa shape index (κ3) is 2.97. The summed E-state index contributed by atoms with van der Waals surface area (Å²) in [4.78, 5) is 13.8. The number of likely N-dealkylation sites (tertiary alicyclic amines) is 1. The van der Waals surface area contributed by atoms with Gasteiger partial charge >= 0.3 is 5.97 Å². The van der Waals surface area contributed by atoms with Crippen molar-refractivity contribution in [3.63, 3.8) is 0 Å². The molecule has 0 spiro atoms. The van der Waals surface area contributed by atoms with Gasteiger partial charge in [0, 0.05) is 18.2 Å². The smallest absolute Gasteiger partial charge is 0.324 e. The molecule has 0 aliphatic carbocycles. The highest BCUT2D eigenvalue weighted by Crippen LogP contribution is 2.36. The number of benzene rings is 1. The third-order valence-corrected chi connectivity index (χ3v) is 4.34. The minimum atomic E-state index is -0.791. The van der Waals surface area contributed by atoms with Gasteiger partial charge in [-0.25, -0.2) is 0 Å². The number of rotatable bonds is 6. The van der Waals surface area contributed by atoms with Gasteiger partial charge in [0.25, 0.3) is 0 Å². The van der Waals surface area contributed by atoms with Gasteiger partial charge in [-0.05, 0) is 31.9 Å². The molecule has 0 aromatic heterocycles. The topological polar surface area (TPSA) is 70.0 Å². The molecule has 1 aliphatic rings. The largest absolute Gasteiger partial charge is 0.507 e. The number of carboxylic acids is 1. The van der Waals surface area contributed by atoms with Crippen molar-refractivity contribution in [1.82, 2.24) is 4.90 Å². The number of carboxylic acid groups (broad SMARTS) is 1. The fraction of sp³-hybridized carbons (Fsp3) is 0.562. The Morgan fingerprint density at radius 2 is 2.24 bits per heavy atom. The molecule has 1 saturated heterocycles. The number of aliphatic carboxylic acids is 1. The van der Waals surface area contributed by atoms with Crippen LogP contribution in [0.25, 0.3) is 0 Å². The van der Waals surface area contributed by atoms with Crippen molar-refractivity contribution in [3.8, 4) is 11.5 Å². The van der Waals surface area contributed by atoms with Crippen molar-refractivity contribution in [2.24, 2.45) is 0 Å². The van der Waals surface area contributed by atoms with Crippen LogP contribution in [0.4, 0.5) is 0 Å². The first-order valence-electron chi connectivity index (χ1n) is 7.38. The Bertz CT molecular complexity index is 517. The molecule has 2 rings (SSSR count). The van der Waals surface area contributed by atoms with E-state index in [2.05, 4.69) is 0 Å². The van der Waals surface area contributed by atoms with Gasteiger partial charge in [-0.15, -0.1) is 0 Å². The van der Waals surface area contributed by atoms with E-state index in [9.17, 15) is 15.0 Å². The Kier molecular flexibility index (Phi) is 4.73. The van der Waals surface area contributed by atoms with Gasteiger partial charge in [-0.3, -0.25) is 9.69 Å². The van der Waals surface area contributed by atoms with Crippen molar-refractivity contribution >= 4 is 5.97 Å². The lowest BCUT2D eigenvalue weighted by molar-refractivity contribution is -0.150. The summed E-state index contributed by atoms with van der Waals surface area (Å²) in [5.74, 6) is -0.0115. The molecule has 0 radical (unpaired) electrons. The predicted octanol–water partition coefficient (Wildman–Crippen LogP) is 2.62. The fourth-order valence-electron chi connectivity index (χ4n) is 3.22. The second kappa shape index (κ2) is 6.35. The number of hydrogen-bond acceptors (Lipinski definition) is 4. The second-order valence-corrected chi connectivity index (χ2v) is 5.61. The van der Waals surface area contributed by atoms with Crippen LogP contribution in [0.15, 0.2) is 18.2 Å². The molecule has 0 bridgehead atoms. The van der Waals surface area contributed by atoms with Crippen LogP contribution >= 0.6 is 0 Å². The normalized spacial score (nSPS) is 22.4. The van der Waals surface area contributed by atoms with Gasteiger partial charge in [0.1, 0.15) is 17.0 Å². The average Bonchev–Trinajstić information content (AvgIpc) is 2.85. The van der Waals surface area contributed by atoms with Crippen molar-refractivity contribution in [3.05, 3.63) is 23.8 Å². The molecule has 1 aromatic carbocycles. The molecule has 1 aromatic rings. The Balaban J connectivity index is 2.23. The van der Waals surface area contributed by atoms with Gasteiger partial charge in [-0.1, -0.05) is 19.4 Å². The second-order valence-electron chi connectivity index (χ2n) is 5.61. The van der Waals surface area contributed by atoms with Crippen LogP contribution in [0, 0.1) is 0 Å². The highest BCUT2D eigenvalue weighted by atomic mass is 16.5. The Hall–Kier alpha value is -1.75. The van der Waals surface area contributed by atoms with E-state index in [1.165, 1.54) is 0 Å². The van der Waals surface area contributed by atoms with Crippen LogP contribution in [0.5, 0.6) is 11.5 Å². The number of nitrogens with zero attached hydrogens (tertiary/aromatic N) is 1. The van der Waals surface area contributed by atoms with Gasteiger partial charge in [0.15, 0.2) is 0 Å². The average molecular weight is 293 g/mol. The number of phenolic OH excluding ortho intramolecular Hbond substituents is 1. The summed E-state index contributed by atoms with van der Waals surface area (Å²) in [6, 6.07) is 5.14. The zero-order valence-corrected chi connectivity index (χ0v) is 12.6. The van der Waals surface area contributed by atoms with E-state index in [0.29, 0.717) is 25.1 Å². The lowest BCUT2D eigenvalue weighted by Gasteiger charge is -2.34. The molecule has 5 heteroatoms. The molecular weight excluding hydrogens is 270 g/mol. The number of hydrogen-bond donors (Lipinski definition) is 2. The van der Waals surface area contributed by atoms with Crippen LogP contribution in [-0.4, -0.2) is 40.3 Å². The molecule has 1 atom stereocenters. The molecular formula is C16H23NO4. The third-order valence-electron chi connectivity index (χ3n) is 4.34. The van der Waals surface area contributed by atoms with Crippen molar-refractivity contribution in [2.75, 3.05) is 13.7 Å². The molecule has 21 heavy (non-hydrogen) atoms. The maximum atomic E-state index is 11.8. The van der Waals surface area contributed by atoms with Gasteiger partial charge < -0.3 is 14.9 Å². The van der Waals surface area contributed by atoms with Crippen molar-refractivity contribution < 1.29 is 19.7 Å². The standard InChI is InChI=1S/C16H23NO4/c1-3-7-16(15(19)20)8-4-9-17(16)11-12-5-6-13(21-2)10-14(12)18/h5-6,10,18H,3-4,7-9,11H2,1-2H3,(H,19,20). The maximum Gasteiger partial charge on any atom is 0.324 e. The highest BCUT2D eigenvalue weighted by Gasteiger charge is 2.46. The summed E-state index contributed by atoms with van der Waals surface area (Å²) in [6.07, 6.45) is 3.02. The molecule has 5 nitrogen and oxygen atoms in total. The lowest BCUT2D eigenvalue weighted by atomic mass is 9.90. The Labute approximate surface area is 125 Å². The zero-order valence-electron chi connectivity index (χ0n) is 12.6. The summed E-state index contributed by atoms with van der Waals surface area (Å²) in [7, 11) is 1.55. The molecule has 0 amide bonds. The zero-order chi connectivity index (χ0) is 15.5. The first-order chi connectivity index (χ1) is 10.0. The quantitative estimate of drug-likeness (QED) is 0.843. The van der Waals surface area contributed by atoms with E-state index in [-0.39, 0.29) is 5.75 Å². The van der Waals surface area contributed by atoms with Crippen molar-refractivity contribution in [2.45, 2.75) is 44.7 Å². The van der Waals surface area contributed by atoms with E-state index >= 15 is 0 Å². The fourth-order valence-corrected chi connectivity index (χ4v) is 3.22. The Morgan fingerprint density at radius 3 is 2.81 bits per heavy atom. The number of methoxy groups -OCH3 is 1. The first kappa shape index (κ1) is 15.6. The SMILES string of the molecule is CCCC1(C(=O)O)CCCN1Cc1ccc(OC)cc1O. The lowest BCUT2D eigenvalue weighted by Crippen LogP contribution is -2.49. The van der Waals surface area contributed by atoms with E-state index < -0.39 is 11.5 Å². The van der Waals surface area contributed by atoms with Crippen LogP contribution < -0.4 is 4.74 Å². The summed E-state index contributed by atoms with van der Waals surface area (Å²) in [6.45, 7) is 3.20. The minimum Gasteiger partial charge on any atom is -0.507 e. The van der Waals surface area contributed by atoms with E-state index in [1.807, 2.05) is 11.8 Å². The number of ether oxygens (including phenoxy) is 1. The number of aromatic hydroxyl groups is 1. The molecule has 116 valence electrons. The first-order valence-corrected chi connectivity index (χ1v) is 7.38. The number of phenols is 1. The summed E-state index contributed by atoms with van der Waals surface area (Å²) in [5.41, 5.74) is -0.0550. The summed E-state index contributed by atoms with van der Waals surface area (Å²) < 4.78 is 5.07. The molecule has 1 heterocycles. The van der Waals surface area contributed by atoms with Gasteiger partial charge in [-0.2, -0.15) is 0 Å². The molecule has 1 unspecified atom stereocenters. The minimum absolute atomic E-state index is 0.150. The predicted molar refractivity (Wildman–Crippen MR) is 79.6 cm³/mol. The molecule has 1 fully saturated rings. The van der Waals surface area contributed by atoms with E-state index in [0.717, 1.165) is 24.9 Å². The van der Waals surface area contributed by atoms with E-state index in [4.69, 9.17) is 4.74 Å². The maximum absolute atomic E-state index is 11.8. The van der Waals surface area contributed by atoms with Crippen LogP contribution in [0.1, 0.15) is 38.2 Å². The monoisotopic (exact) mass is 293 g/mol. The van der Waals surface area contributed by atoms with Gasteiger partial charge in [0.2, 0.25) is 0 Å². The molecule has 2 N–H and O–H groups in total. The van der Waals surface area contributed by atoms with Gasteiger partial charge in [0.05, 0.1) is 7.11 Å². The van der Waals surface area contributed by atoms with Crippen LogP contribution in [0.3, 0.4) is 0 Å². The summed E-state index contributed by atoms with van der Waals surface area (Å²) in [5, 5.41) is 19.7. The summed E-state index contributed by atoms with van der Waals surface area (Å²) >= 11 is 0. The highest BCUT2D eigenvalue weighted by molar-refractivity contribution is 5.79.